The monoisotopic (exact) mass is 341 g/mol. The van der Waals surface area contributed by atoms with Gasteiger partial charge >= 0.3 is 5.97 Å². The second-order valence-corrected chi connectivity index (χ2v) is 4.91. The molecule has 20 heavy (non-hydrogen) atoms. The van der Waals surface area contributed by atoms with Crippen LogP contribution in [0.15, 0.2) is 28.7 Å². The van der Waals surface area contributed by atoms with Crippen molar-refractivity contribution in [2.24, 2.45) is 0 Å². The molecular formula is C14H16BrNO4. The summed E-state index contributed by atoms with van der Waals surface area (Å²) in [5, 5.41) is 0. The lowest BCUT2D eigenvalue weighted by Gasteiger charge is -2.13. The molecule has 0 aromatic heterocycles. The van der Waals surface area contributed by atoms with Crippen molar-refractivity contribution in [3.05, 3.63) is 34.3 Å². The predicted octanol–water partition coefficient (Wildman–Crippen LogP) is 2.10. The Balaban J connectivity index is 2.79. The first-order valence-electron chi connectivity index (χ1n) is 5.81. The number of carbonyl (C=O) groups excluding carboxylic acids is 2. The summed E-state index contributed by atoms with van der Waals surface area (Å²) in [6.45, 7) is -0.0880. The molecule has 0 radical (unpaired) electrons. The third kappa shape index (κ3) is 4.70. The maximum absolute atomic E-state index is 11.8. The first kappa shape index (κ1) is 16.2. The Hall–Kier alpha value is -1.82. The number of benzene rings is 1. The maximum Gasteiger partial charge on any atom is 0.325 e. The molecule has 0 saturated heterocycles. The topological polar surface area (TPSA) is 55.8 Å². The Kier molecular flexibility index (Phi) is 6.24. The molecule has 1 rings (SSSR count). The van der Waals surface area contributed by atoms with Crippen LogP contribution in [0.5, 0.6) is 5.75 Å². The van der Waals surface area contributed by atoms with Gasteiger partial charge in [0.15, 0.2) is 0 Å². The number of carbonyl (C=O) groups is 2. The molecule has 1 aromatic rings. The number of hydrogen-bond donors (Lipinski definition) is 0. The van der Waals surface area contributed by atoms with Gasteiger partial charge in [-0.2, -0.15) is 0 Å². The maximum atomic E-state index is 11.8. The van der Waals surface area contributed by atoms with Crippen molar-refractivity contribution < 1.29 is 19.1 Å². The highest BCUT2D eigenvalue weighted by Gasteiger charge is 2.10. The minimum absolute atomic E-state index is 0.0880. The number of esters is 1. The van der Waals surface area contributed by atoms with Crippen molar-refractivity contribution in [1.29, 1.82) is 0 Å². The highest BCUT2D eigenvalue weighted by Crippen LogP contribution is 2.24. The van der Waals surface area contributed by atoms with E-state index in [0.29, 0.717) is 5.75 Å². The molecule has 0 aliphatic heterocycles. The molecule has 0 aliphatic rings. The quantitative estimate of drug-likeness (QED) is 0.608. The zero-order chi connectivity index (χ0) is 15.1. The summed E-state index contributed by atoms with van der Waals surface area (Å²) in [7, 11) is 4.37. The van der Waals surface area contributed by atoms with E-state index in [-0.39, 0.29) is 12.5 Å². The van der Waals surface area contributed by atoms with Crippen LogP contribution >= 0.6 is 15.9 Å². The average molecular weight is 342 g/mol. The molecule has 0 spiro atoms. The fourth-order valence-electron chi connectivity index (χ4n) is 1.46. The van der Waals surface area contributed by atoms with Crippen molar-refractivity contribution in [2.75, 3.05) is 27.8 Å². The van der Waals surface area contributed by atoms with Crippen LogP contribution < -0.4 is 4.74 Å². The number of amides is 1. The average Bonchev–Trinajstić information content (AvgIpc) is 2.44. The molecule has 0 unspecified atom stereocenters. The minimum Gasteiger partial charge on any atom is -0.496 e. The van der Waals surface area contributed by atoms with E-state index in [1.165, 1.54) is 25.1 Å². The van der Waals surface area contributed by atoms with Crippen LogP contribution in [0.2, 0.25) is 0 Å². The number of ether oxygens (including phenoxy) is 2. The summed E-state index contributed by atoms with van der Waals surface area (Å²) in [5.74, 6) is -0.0976. The Morgan fingerprint density at radius 1 is 1.35 bits per heavy atom. The number of methoxy groups -OCH3 is 2. The third-order valence-electron chi connectivity index (χ3n) is 2.57. The minimum atomic E-state index is -0.464. The van der Waals surface area contributed by atoms with Crippen molar-refractivity contribution in [3.63, 3.8) is 0 Å². The Bertz CT molecular complexity index is 528. The van der Waals surface area contributed by atoms with E-state index in [9.17, 15) is 9.59 Å². The summed E-state index contributed by atoms with van der Waals surface area (Å²) in [6, 6.07) is 5.48. The molecule has 0 bridgehead atoms. The molecule has 1 aromatic carbocycles. The molecule has 0 N–H and O–H groups in total. The van der Waals surface area contributed by atoms with E-state index >= 15 is 0 Å². The molecule has 5 nitrogen and oxygen atoms in total. The van der Waals surface area contributed by atoms with Crippen molar-refractivity contribution >= 4 is 33.9 Å². The molecule has 0 fully saturated rings. The lowest BCUT2D eigenvalue weighted by molar-refractivity contribution is -0.144. The number of nitrogens with zero attached hydrogens (tertiary/aromatic N) is 1. The van der Waals surface area contributed by atoms with E-state index in [0.717, 1.165) is 10.0 Å². The van der Waals surface area contributed by atoms with Gasteiger partial charge in [0, 0.05) is 23.2 Å². The van der Waals surface area contributed by atoms with Gasteiger partial charge in [-0.05, 0) is 24.3 Å². The fourth-order valence-corrected chi connectivity index (χ4v) is 1.84. The number of halogens is 1. The van der Waals surface area contributed by atoms with Crippen LogP contribution in [0.25, 0.3) is 6.08 Å². The molecule has 0 aliphatic carbocycles. The lowest BCUT2D eigenvalue weighted by Crippen LogP contribution is -2.31. The SMILES string of the molecule is COC(=O)CN(C)C(=O)C=Cc1cc(Br)ccc1OC. The number of rotatable bonds is 5. The lowest BCUT2D eigenvalue weighted by atomic mass is 10.2. The molecule has 108 valence electrons. The van der Waals surface area contributed by atoms with Gasteiger partial charge in [0.1, 0.15) is 12.3 Å². The predicted molar refractivity (Wildman–Crippen MR) is 79.4 cm³/mol. The molecule has 6 heteroatoms. The van der Waals surface area contributed by atoms with Gasteiger partial charge in [-0.25, -0.2) is 0 Å². The second kappa shape index (κ2) is 7.69. The van der Waals surface area contributed by atoms with Gasteiger partial charge in [0.05, 0.1) is 14.2 Å². The zero-order valence-electron chi connectivity index (χ0n) is 11.6. The van der Waals surface area contributed by atoms with Gasteiger partial charge in [-0.3, -0.25) is 9.59 Å². The van der Waals surface area contributed by atoms with Gasteiger partial charge < -0.3 is 14.4 Å². The molecule has 0 saturated carbocycles. The standard InChI is InChI=1S/C14H16BrNO4/c1-16(9-14(18)20-3)13(17)7-4-10-8-11(15)5-6-12(10)19-2/h4-8H,9H2,1-3H3. The highest BCUT2D eigenvalue weighted by molar-refractivity contribution is 9.10. The summed E-state index contributed by atoms with van der Waals surface area (Å²) in [4.78, 5) is 24.2. The van der Waals surface area contributed by atoms with Crippen molar-refractivity contribution in [1.82, 2.24) is 4.90 Å². The van der Waals surface area contributed by atoms with Crippen LogP contribution in [0.4, 0.5) is 0 Å². The summed E-state index contributed by atoms with van der Waals surface area (Å²) in [5.41, 5.74) is 0.765. The van der Waals surface area contributed by atoms with E-state index in [1.54, 1.807) is 19.3 Å². The highest BCUT2D eigenvalue weighted by atomic mass is 79.9. The fraction of sp³-hybridized carbons (Fsp3) is 0.286. The first-order chi connectivity index (χ1) is 9.47. The Morgan fingerprint density at radius 3 is 2.65 bits per heavy atom. The Labute approximate surface area is 126 Å². The van der Waals surface area contributed by atoms with Crippen LogP contribution in [-0.4, -0.2) is 44.6 Å². The molecule has 1 amide bonds. The normalized spacial score (nSPS) is 10.4. The third-order valence-corrected chi connectivity index (χ3v) is 3.06. The first-order valence-corrected chi connectivity index (χ1v) is 6.60. The van der Waals surface area contributed by atoms with Crippen molar-refractivity contribution in [2.45, 2.75) is 0 Å². The van der Waals surface area contributed by atoms with Crippen LogP contribution in [-0.2, 0) is 14.3 Å². The van der Waals surface area contributed by atoms with Crippen LogP contribution in [0, 0.1) is 0 Å². The van der Waals surface area contributed by atoms with Crippen LogP contribution in [0.1, 0.15) is 5.56 Å². The summed E-state index contributed by atoms with van der Waals surface area (Å²) >= 11 is 3.36. The van der Waals surface area contributed by atoms with E-state index in [4.69, 9.17) is 4.74 Å². The van der Waals surface area contributed by atoms with Gasteiger partial charge in [0.25, 0.3) is 0 Å². The zero-order valence-corrected chi connectivity index (χ0v) is 13.1. The van der Waals surface area contributed by atoms with Gasteiger partial charge in [0.2, 0.25) is 5.91 Å². The Morgan fingerprint density at radius 2 is 2.05 bits per heavy atom. The molecule has 0 atom stereocenters. The van der Waals surface area contributed by atoms with E-state index in [1.807, 2.05) is 12.1 Å². The number of likely N-dealkylation sites (N-methyl/N-ethyl adjacent to an activating group) is 1. The van der Waals surface area contributed by atoms with Crippen molar-refractivity contribution in [3.8, 4) is 5.75 Å². The smallest absolute Gasteiger partial charge is 0.325 e. The van der Waals surface area contributed by atoms with Crippen LogP contribution in [0.3, 0.4) is 0 Å². The summed E-state index contributed by atoms with van der Waals surface area (Å²) < 4.78 is 10.6. The molecule has 0 heterocycles. The second-order valence-electron chi connectivity index (χ2n) is 3.99. The van der Waals surface area contributed by atoms with Gasteiger partial charge in [-0.1, -0.05) is 15.9 Å². The number of hydrogen-bond acceptors (Lipinski definition) is 4. The largest absolute Gasteiger partial charge is 0.496 e. The van der Waals surface area contributed by atoms with Gasteiger partial charge in [-0.15, -0.1) is 0 Å². The molecular weight excluding hydrogens is 326 g/mol. The van der Waals surface area contributed by atoms with E-state index < -0.39 is 5.97 Å². The van der Waals surface area contributed by atoms with E-state index in [2.05, 4.69) is 20.7 Å². The summed E-state index contributed by atoms with van der Waals surface area (Å²) in [6.07, 6.45) is 3.02.